The summed E-state index contributed by atoms with van der Waals surface area (Å²) in [5, 5.41) is 3.22. The lowest BCUT2D eigenvalue weighted by molar-refractivity contribution is -0.132. The van der Waals surface area contributed by atoms with Gasteiger partial charge >= 0.3 is 0 Å². The van der Waals surface area contributed by atoms with Crippen molar-refractivity contribution in [1.29, 1.82) is 0 Å². The Bertz CT molecular complexity index is 472. The lowest BCUT2D eigenvalue weighted by atomic mass is 9.77. The molecule has 0 spiro atoms. The number of nitrogens with two attached hydrogens (primary N) is 1. The predicted octanol–water partition coefficient (Wildman–Crippen LogP) is 4.05. The molecule has 3 N–H and O–H groups in total. The van der Waals surface area contributed by atoms with E-state index in [1.165, 1.54) is 12.8 Å². The average molecular weight is 288 g/mol. The van der Waals surface area contributed by atoms with Crippen LogP contribution in [-0.4, -0.2) is 5.91 Å². The topological polar surface area (TPSA) is 55.1 Å². The fourth-order valence-corrected chi connectivity index (χ4v) is 3.57. The Balaban J connectivity index is 2.06. The van der Waals surface area contributed by atoms with Crippen LogP contribution in [0.25, 0.3) is 0 Å². The van der Waals surface area contributed by atoms with Crippen LogP contribution in [0.15, 0.2) is 24.3 Å². The van der Waals surface area contributed by atoms with Crippen molar-refractivity contribution in [3.05, 3.63) is 29.8 Å². The predicted molar refractivity (Wildman–Crippen MR) is 87.8 cm³/mol. The maximum atomic E-state index is 12.8. The number of carbonyl (C=O) groups is 1. The Kier molecular flexibility index (Phi) is 4.92. The molecule has 3 nitrogen and oxygen atoms in total. The van der Waals surface area contributed by atoms with Crippen molar-refractivity contribution in [2.45, 2.75) is 58.9 Å². The van der Waals surface area contributed by atoms with Crippen molar-refractivity contribution in [2.24, 2.45) is 11.3 Å². The van der Waals surface area contributed by atoms with Crippen LogP contribution in [0.2, 0.25) is 0 Å². The molecule has 1 aromatic rings. The molecule has 1 atom stereocenters. The van der Waals surface area contributed by atoms with Gasteiger partial charge in [0.15, 0.2) is 0 Å². The zero-order valence-corrected chi connectivity index (χ0v) is 13.5. The van der Waals surface area contributed by atoms with Crippen LogP contribution in [0.3, 0.4) is 0 Å². The monoisotopic (exact) mass is 288 g/mol. The SMILES string of the molecule is CC(C)CC1(C(=O)NC(C)c2ccc(N)cc2)CCCC1. The van der Waals surface area contributed by atoms with Crippen molar-refractivity contribution in [1.82, 2.24) is 5.32 Å². The molecule has 0 bridgehead atoms. The third-order valence-electron chi connectivity index (χ3n) is 4.63. The van der Waals surface area contributed by atoms with Gasteiger partial charge in [-0.15, -0.1) is 0 Å². The molecule has 0 heterocycles. The van der Waals surface area contributed by atoms with E-state index in [-0.39, 0.29) is 17.4 Å². The van der Waals surface area contributed by atoms with E-state index in [9.17, 15) is 4.79 Å². The van der Waals surface area contributed by atoms with Crippen molar-refractivity contribution in [3.63, 3.8) is 0 Å². The fourth-order valence-electron chi connectivity index (χ4n) is 3.57. The highest BCUT2D eigenvalue weighted by molar-refractivity contribution is 5.83. The molecule has 0 aromatic heterocycles. The summed E-state index contributed by atoms with van der Waals surface area (Å²) in [5.41, 5.74) is 7.43. The minimum absolute atomic E-state index is 0.0303. The van der Waals surface area contributed by atoms with E-state index in [4.69, 9.17) is 5.73 Å². The Hall–Kier alpha value is -1.51. The van der Waals surface area contributed by atoms with E-state index >= 15 is 0 Å². The number of hydrogen-bond donors (Lipinski definition) is 2. The molecule has 116 valence electrons. The Morgan fingerprint density at radius 2 is 1.76 bits per heavy atom. The molecule has 0 radical (unpaired) electrons. The highest BCUT2D eigenvalue weighted by Crippen LogP contribution is 2.43. The summed E-state index contributed by atoms with van der Waals surface area (Å²) in [6.07, 6.45) is 5.41. The van der Waals surface area contributed by atoms with Crippen LogP contribution in [0, 0.1) is 11.3 Å². The molecule has 21 heavy (non-hydrogen) atoms. The van der Waals surface area contributed by atoms with Gasteiger partial charge in [-0.05, 0) is 49.8 Å². The number of nitrogen functional groups attached to an aromatic ring is 1. The summed E-state index contributed by atoms with van der Waals surface area (Å²) < 4.78 is 0. The van der Waals surface area contributed by atoms with Gasteiger partial charge in [-0.3, -0.25) is 4.79 Å². The van der Waals surface area contributed by atoms with Gasteiger partial charge in [-0.25, -0.2) is 0 Å². The van der Waals surface area contributed by atoms with E-state index in [2.05, 4.69) is 19.2 Å². The molecular weight excluding hydrogens is 260 g/mol. The van der Waals surface area contributed by atoms with E-state index in [1.54, 1.807) is 0 Å². The van der Waals surface area contributed by atoms with E-state index < -0.39 is 0 Å². The number of amides is 1. The third-order valence-corrected chi connectivity index (χ3v) is 4.63. The van der Waals surface area contributed by atoms with Crippen LogP contribution >= 0.6 is 0 Å². The lowest BCUT2D eigenvalue weighted by Gasteiger charge is -2.31. The van der Waals surface area contributed by atoms with Crippen molar-refractivity contribution < 1.29 is 4.79 Å². The first-order chi connectivity index (χ1) is 9.93. The molecule has 1 aliphatic rings. The van der Waals surface area contributed by atoms with Gasteiger partial charge in [0.25, 0.3) is 0 Å². The van der Waals surface area contributed by atoms with Gasteiger partial charge in [0.1, 0.15) is 0 Å². The highest BCUT2D eigenvalue weighted by Gasteiger charge is 2.41. The molecule has 1 unspecified atom stereocenters. The minimum atomic E-state index is -0.143. The summed E-state index contributed by atoms with van der Waals surface area (Å²) in [6.45, 7) is 6.45. The quantitative estimate of drug-likeness (QED) is 0.803. The van der Waals surface area contributed by atoms with Gasteiger partial charge in [0.05, 0.1) is 6.04 Å². The molecule has 1 aliphatic carbocycles. The zero-order valence-electron chi connectivity index (χ0n) is 13.5. The maximum Gasteiger partial charge on any atom is 0.226 e. The molecule has 3 heteroatoms. The molecule has 1 amide bonds. The van der Waals surface area contributed by atoms with Crippen molar-refractivity contribution in [3.8, 4) is 0 Å². The molecule has 1 saturated carbocycles. The Morgan fingerprint density at radius 3 is 2.29 bits per heavy atom. The second-order valence-corrected chi connectivity index (χ2v) is 6.95. The van der Waals surface area contributed by atoms with Crippen LogP contribution in [0.4, 0.5) is 5.69 Å². The first kappa shape index (κ1) is 15.9. The molecule has 2 rings (SSSR count). The largest absolute Gasteiger partial charge is 0.399 e. The maximum absolute atomic E-state index is 12.8. The Morgan fingerprint density at radius 1 is 1.19 bits per heavy atom. The molecule has 1 aromatic carbocycles. The van der Waals surface area contributed by atoms with Gasteiger partial charge in [-0.1, -0.05) is 38.8 Å². The molecule has 0 aliphatic heterocycles. The Labute approximate surface area is 128 Å². The summed E-state index contributed by atoms with van der Waals surface area (Å²) in [4.78, 5) is 12.8. The van der Waals surface area contributed by atoms with Crippen LogP contribution in [0.5, 0.6) is 0 Å². The second kappa shape index (κ2) is 6.50. The summed E-state index contributed by atoms with van der Waals surface area (Å²) in [7, 11) is 0. The number of rotatable bonds is 5. The van der Waals surface area contributed by atoms with Crippen LogP contribution in [0.1, 0.15) is 64.5 Å². The van der Waals surface area contributed by atoms with Gasteiger partial charge in [-0.2, -0.15) is 0 Å². The number of benzene rings is 1. The number of hydrogen-bond acceptors (Lipinski definition) is 2. The third kappa shape index (κ3) is 3.78. The second-order valence-electron chi connectivity index (χ2n) is 6.95. The minimum Gasteiger partial charge on any atom is -0.399 e. The molecule has 0 saturated heterocycles. The number of carbonyl (C=O) groups excluding carboxylic acids is 1. The van der Waals surface area contributed by atoms with Gasteiger partial charge < -0.3 is 11.1 Å². The summed E-state index contributed by atoms with van der Waals surface area (Å²) >= 11 is 0. The number of anilines is 1. The first-order valence-corrected chi connectivity index (χ1v) is 8.09. The smallest absolute Gasteiger partial charge is 0.226 e. The van der Waals surface area contributed by atoms with Gasteiger partial charge in [0.2, 0.25) is 5.91 Å². The standard InChI is InChI=1S/C18H28N2O/c1-13(2)12-18(10-4-5-11-18)17(21)20-14(3)15-6-8-16(19)9-7-15/h6-9,13-14H,4-5,10-12,19H2,1-3H3,(H,20,21). The average Bonchev–Trinajstić information content (AvgIpc) is 2.88. The number of nitrogens with one attached hydrogen (secondary N) is 1. The first-order valence-electron chi connectivity index (χ1n) is 8.09. The molecule has 1 fully saturated rings. The highest BCUT2D eigenvalue weighted by atomic mass is 16.2. The van der Waals surface area contributed by atoms with Gasteiger partial charge in [0, 0.05) is 11.1 Å². The lowest BCUT2D eigenvalue weighted by Crippen LogP contribution is -2.41. The molecular formula is C18H28N2O. The summed E-state index contributed by atoms with van der Waals surface area (Å²) in [6, 6.07) is 7.78. The van der Waals surface area contributed by atoms with E-state index in [1.807, 2.05) is 31.2 Å². The van der Waals surface area contributed by atoms with E-state index in [0.717, 1.165) is 30.5 Å². The van der Waals surface area contributed by atoms with Crippen LogP contribution in [-0.2, 0) is 4.79 Å². The summed E-state index contributed by atoms with van der Waals surface area (Å²) in [5.74, 6) is 0.790. The van der Waals surface area contributed by atoms with E-state index in [0.29, 0.717) is 5.92 Å². The van der Waals surface area contributed by atoms with Crippen molar-refractivity contribution in [2.75, 3.05) is 5.73 Å². The van der Waals surface area contributed by atoms with Crippen LogP contribution < -0.4 is 11.1 Å². The van der Waals surface area contributed by atoms with Crippen molar-refractivity contribution >= 4 is 11.6 Å². The fraction of sp³-hybridized carbons (Fsp3) is 0.611. The zero-order chi connectivity index (χ0) is 15.5. The normalized spacial score (nSPS) is 18.7.